The molecule has 16 heteroatoms. The molecule has 68 heavy (non-hydrogen) atoms. The molecule has 1 saturated carbocycles. The molecule has 6 rings (SSSR count). The number of aliphatic hydroxyl groups excluding tert-OH is 1. The lowest BCUT2D eigenvalue weighted by molar-refractivity contribution is -0.295. The number of fused-ring (bicyclic) bond motifs is 2. The molecular weight excluding hydrogens is 875 g/mol. The van der Waals surface area contributed by atoms with Crippen LogP contribution in [0.3, 0.4) is 0 Å². The second kappa shape index (κ2) is 21.5. The lowest BCUT2D eigenvalue weighted by Crippen LogP contribution is -2.60. The van der Waals surface area contributed by atoms with Crippen molar-refractivity contribution in [2.45, 2.75) is 180 Å². The van der Waals surface area contributed by atoms with Crippen molar-refractivity contribution in [3.8, 4) is 11.8 Å². The Morgan fingerprint density at radius 1 is 0.971 bits per heavy atom. The van der Waals surface area contributed by atoms with Gasteiger partial charge in [0.25, 0.3) is 0 Å². The minimum atomic E-state index is -1.43. The monoisotopic (exact) mass is 948 g/mol. The van der Waals surface area contributed by atoms with Gasteiger partial charge in [0.15, 0.2) is 17.7 Å². The highest BCUT2D eigenvalue weighted by molar-refractivity contribution is 6.00. The first-order valence-electron chi connectivity index (χ1n) is 24.5. The number of methoxy groups -OCH3 is 1. The van der Waals surface area contributed by atoms with Crippen molar-refractivity contribution in [2.75, 3.05) is 27.7 Å². The first-order chi connectivity index (χ1) is 32.1. The fourth-order valence-electron chi connectivity index (χ4n) is 11.0. The molecule has 4 fully saturated rings. The molecule has 4 heterocycles. The Labute approximate surface area is 400 Å². The standard InChI is InChI=1S/C52H73N3O13/c1-12-40-52(8)45(54(50(63)68-52)24-18-16-14-13-15-17-19-34-20-23-38-36(26-34)43(58)37(47(60)61)28-55(38)35-21-22-35)31(4)41(56)29(2)27-51(7,64-11)46(32(5)42(57)33(6)48(62)66-40)67-49-44(59)39(53(9)10)25-30(3)65-49/h20,23,26,28-33,35,39-40,44-46,49,59H,12-16,18,21-22,24-25,27H2,1-11H3,(H,60,61)/t29-,30-,31+,32+,33-,39+,40-,44-,45-,46-,49+,51-,52-/m1/s1. The van der Waals surface area contributed by atoms with Crippen LogP contribution in [0.15, 0.2) is 29.2 Å². The second-order valence-electron chi connectivity index (χ2n) is 20.4. The topological polar surface area (TPSA) is 200 Å². The number of carboxylic acid groups (broad SMARTS) is 1. The van der Waals surface area contributed by atoms with E-state index in [4.69, 9.17) is 23.7 Å². The molecule has 16 nitrogen and oxygen atoms in total. The highest BCUT2D eigenvalue weighted by atomic mass is 16.7. The summed E-state index contributed by atoms with van der Waals surface area (Å²) < 4.78 is 33.1. The van der Waals surface area contributed by atoms with Crippen molar-refractivity contribution in [1.29, 1.82) is 0 Å². The molecule has 1 amide bonds. The molecule has 2 N–H and O–H groups in total. The van der Waals surface area contributed by atoms with Crippen molar-refractivity contribution >= 4 is 40.5 Å². The van der Waals surface area contributed by atoms with E-state index in [-0.39, 0.29) is 48.9 Å². The van der Waals surface area contributed by atoms with Crippen molar-refractivity contribution in [3.63, 3.8) is 0 Å². The van der Waals surface area contributed by atoms with E-state index in [1.54, 1.807) is 52.5 Å². The number of aromatic nitrogens is 1. The van der Waals surface area contributed by atoms with Crippen LogP contribution in [0.4, 0.5) is 4.79 Å². The number of rotatable bonds is 13. The van der Waals surface area contributed by atoms with Gasteiger partial charge in [-0.05, 0) is 105 Å². The van der Waals surface area contributed by atoms with Gasteiger partial charge < -0.3 is 48.3 Å². The van der Waals surface area contributed by atoms with Crippen LogP contribution >= 0.6 is 0 Å². The maximum atomic E-state index is 14.8. The first-order valence-corrected chi connectivity index (χ1v) is 24.5. The summed E-state index contributed by atoms with van der Waals surface area (Å²) in [6.07, 6.45) is 2.54. The third kappa shape index (κ3) is 10.9. The minimum absolute atomic E-state index is 0.105. The SMILES string of the molecule is CC[C@H]1OC(=O)[C@H](C)C(=O)[C@H](C)[C@@H](O[C@@H]2O[C@H](C)C[C@H](N(C)C)[C@H]2O)[C@](C)(OC)C[C@@H](C)C(=O)[C@H](C)[C@H]2N(CCCCCCC#Cc3ccc4c(c3)c(=O)c(C(=O)O)cn4C3CC3)C(=O)O[C@]12C. The van der Waals surface area contributed by atoms with Crippen LogP contribution in [0, 0.1) is 35.5 Å². The summed E-state index contributed by atoms with van der Waals surface area (Å²) in [5.74, 6) is -0.0648. The third-order valence-electron chi connectivity index (χ3n) is 15.0. The number of cyclic esters (lactones) is 1. The number of pyridine rings is 1. The van der Waals surface area contributed by atoms with Crippen molar-refractivity contribution in [2.24, 2.45) is 23.7 Å². The van der Waals surface area contributed by atoms with Crippen LogP contribution in [-0.4, -0.2) is 136 Å². The predicted octanol–water partition coefficient (Wildman–Crippen LogP) is 6.54. The summed E-state index contributed by atoms with van der Waals surface area (Å²) in [6.45, 7) is 14.1. The zero-order valence-electron chi connectivity index (χ0n) is 41.7. The van der Waals surface area contributed by atoms with Gasteiger partial charge in [-0.1, -0.05) is 52.4 Å². The number of carboxylic acids is 1. The van der Waals surface area contributed by atoms with Crippen LogP contribution in [-0.2, 0) is 38.1 Å². The number of ketones is 2. The Kier molecular flexibility index (Phi) is 16.7. The molecule has 0 bridgehead atoms. The van der Waals surface area contributed by atoms with Gasteiger partial charge in [-0.2, -0.15) is 0 Å². The molecule has 3 aliphatic heterocycles. The minimum Gasteiger partial charge on any atom is -0.477 e. The number of hydrogen-bond donors (Lipinski definition) is 2. The summed E-state index contributed by atoms with van der Waals surface area (Å²) in [6, 6.07) is 4.42. The number of nitrogens with zero attached hydrogens (tertiary/aromatic N) is 3. The summed E-state index contributed by atoms with van der Waals surface area (Å²) in [5.41, 5.74) is -2.17. The normalized spacial score (nSPS) is 34.0. The quantitative estimate of drug-likeness (QED) is 0.0949. The van der Waals surface area contributed by atoms with E-state index in [1.807, 2.05) is 42.6 Å². The van der Waals surface area contributed by atoms with Crippen LogP contribution in [0.5, 0.6) is 0 Å². The van der Waals surface area contributed by atoms with Crippen molar-refractivity contribution in [3.05, 3.63) is 45.7 Å². The number of hydrogen-bond acceptors (Lipinski definition) is 13. The maximum Gasteiger partial charge on any atom is 0.410 e. The lowest BCUT2D eigenvalue weighted by atomic mass is 9.73. The number of esters is 1. The number of amides is 1. The summed E-state index contributed by atoms with van der Waals surface area (Å²) >= 11 is 0. The number of aromatic carboxylic acids is 1. The van der Waals surface area contributed by atoms with E-state index in [2.05, 4.69) is 11.8 Å². The largest absolute Gasteiger partial charge is 0.477 e. The number of Topliss-reactive ketones (excluding diaryl/α,β-unsaturated/α-hetero) is 2. The average Bonchev–Trinajstić information content (AvgIpc) is 4.11. The number of ether oxygens (including phenoxy) is 5. The third-order valence-corrected chi connectivity index (χ3v) is 15.0. The Balaban J connectivity index is 1.17. The van der Waals surface area contributed by atoms with Gasteiger partial charge in [0, 0.05) is 67.1 Å². The number of likely N-dealkylation sites (N-methyl/N-ethyl adjacent to an activating group) is 1. The summed E-state index contributed by atoms with van der Waals surface area (Å²) in [4.78, 5) is 85.5. The Hall–Kier alpha value is -4.66. The molecule has 3 saturated heterocycles. The zero-order chi connectivity index (χ0) is 50.0. The van der Waals surface area contributed by atoms with Crippen LogP contribution < -0.4 is 5.43 Å². The average molecular weight is 948 g/mol. The van der Waals surface area contributed by atoms with E-state index >= 15 is 0 Å². The smallest absolute Gasteiger partial charge is 0.410 e. The van der Waals surface area contributed by atoms with Crippen LogP contribution in [0.1, 0.15) is 142 Å². The summed E-state index contributed by atoms with van der Waals surface area (Å²) in [5, 5.41) is 21.5. The van der Waals surface area contributed by atoms with E-state index in [0.29, 0.717) is 35.7 Å². The highest BCUT2D eigenvalue weighted by Crippen LogP contribution is 2.43. The first kappa shape index (κ1) is 52.7. The molecule has 374 valence electrons. The molecule has 1 aromatic carbocycles. The number of aliphatic hydroxyl groups is 1. The molecule has 0 unspecified atom stereocenters. The summed E-state index contributed by atoms with van der Waals surface area (Å²) in [7, 11) is 5.21. The maximum absolute atomic E-state index is 14.8. The van der Waals surface area contributed by atoms with E-state index in [9.17, 15) is 39.0 Å². The van der Waals surface area contributed by atoms with Crippen LogP contribution in [0.2, 0.25) is 0 Å². The van der Waals surface area contributed by atoms with E-state index in [0.717, 1.165) is 32.1 Å². The molecule has 0 spiro atoms. The molecule has 1 aliphatic carbocycles. The number of carbonyl (C=O) groups is 5. The molecule has 2 aromatic rings. The highest BCUT2D eigenvalue weighted by Gasteiger charge is 2.60. The van der Waals surface area contributed by atoms with E-state index in [1.165, 1.54) is 20.2 Å². The molecule has 1 aromatic heterocycles. The Morgan fingerprint density at radius 2 is 1.66 bits per heavy atom. The van der Waals surface area contributed by atoms with Crippen molar-refractivity contribution < 1.29 is 57.9 Å². The Bertz CT molecular complexity index is 2330. The van der Waals surface area contributed by atoms with Gasteiger partial charge in [0.05, 0.1) is 29.4 Å². The fraction of sp³-hybridized carbons (Fsp3) is 0.692. The van der Waals surface area contributed by atoms with Gasteiger partial charge in [-0.25, -0.2) is 9.59 Å². The number of carbonyl (C=O) groups excluding carboxylic acids is 4. The van der Waals surface area contributed by atoms with Gasteiger partial charge in [-0.3, -0.25) is 19.2 Å². The predicted molar refractivity (Wildman–Crippen MR) is 253 cm³/mol. The Morgan fingerprint density at radius 3 is 2.29 bits per heavy atom. The second-order valence-corrected chi connectivity index (χ2v) is 20.4. The molecular formula is C52H73N3O13. The van der Waals surface area contributed by atoms with Gasteiger partial charge in [0.2, 0.25) is 5.43 Å². The molecule has 13 atom stereocenters. The number of benzene rings is 1. The number of unbranched alkanes of at least 4 members (excludes halogenated alkanes) is 4. The fourth-order valence-corrected chi connectivity index (χ4v) is 11.0. The van der Waals surface area contributed by atoms with Crippen molar-refractivity contribution in [1.82, 2.24) is 14.4 Å². The lowest BCUT2D eigenvalue weighted by Gasteiger charge is -2.47. The molecule has 4 aliphatic rings. The van der Waals surface area contributed by atoms with Gasteiger partial charge in [0.1, 0.15) is 29.5 Å². The van der Waals surface area contributed by atoms with Gasteiger partial charge >= 0.3 is 18.0 Å². The molecule has 0 radical (unpaired) electrons. The van der Waals surface area contributed by atoms with Gasteiger partial charge in [-0.15, -0.1) is 0 Å². The van der Waals surface area contributed by atoms with Crippen LogP contribution in [0.25, 0.3) is 10.9 Å². The van der Waals surface area contributed by atoms with E-state index < -0.39 is 94.8 Å². The zero-order valence-corrected chi connectivity index (χ0v) is 41.7.